The molecule has 1 N–H and O–H groups in total. The van der Waals surface area contributed by atoms with Gasteiger partial charge in [-0.05, 0) is 55.3 Å². The first-order valence-corrected chi connectivity index (χ1v) is 15.0. The van der Waals surface area contributed by atoms with E-state index in [4.69, 9.17) is 9.47 Å². The number of hydrogen-bond donors (Lipinski definition) is 1. The van der Waals surface area contributed by atoms with Gasteiger partial charge in [-0.25, -0.2) is 8.42 Å². The second-order valence-corrected chi connectivity index (χ2v) is 12.1. The van der Waals surface area contributed by atoms with Gasteiger partial charge in [0.05, 0.1) is 23.4 Å². The Hall–Kier alpha value is -3.19. The standard InChI is InChI=1S/C27H33N5O5S2/c1-4-14-32-25(19-37-23-10-6-21(5-2)7-11-23)29-30-27(32)38-20(3)26(33)28-22-8-12-24(13-9-22)39(34,35)31-15-17-36-18-16-31/h4,6-13,20H,1,5,14-19H2,2-3H3,(H,28,33)/t20-/m1/s1. The Morgan fingerprint density at radius 3 is 2.49 bits per heavy atom. The first-order chi connectivity index (χ1) is 18.8. The van der Waals surface area contributed by atoms with Gasteiger partial charge in [-0.1, -0.05) is 36.9 Å². The number of thioether (sulfide) groups is 1. The van der Waals surface area contributed by atoms with E-state index in [1.807, 2.05) is 28.8 Å². The Morgan fingerprint density at radius 2 is 1.85 bits per heavy atom. The van der Waals surface area contributed by atoms with Crippen LogP contribution in [-0.2, 0) is 39.1 Å². The summed E-state index contributed by atoms with van der Waals surface area (Å²) >= 11 is 1.27. The summed E-state index contributed by atoms with van der Waals surface area (Å²) in [7, 11) is -3.60. The zero-order chi connectivity index (χ0) is 27.8. The number of anilines is 1. The van der Waals surface area contributed by atoms with Crippen molar-refractivity contribution in [1.82, 2.24) is 19.1 Å². The number of benzene rings is 2. The lowest BCUT2D eigenvalue weighted by Crippen LogP contribution is -2.40. The molecule has 2 aromatic carbocycles. The number of rotatable bonds is 12. The minimum absolute atomic E-state index is 0.179. The maximum atomic E-state index is 12.9. The lowest BCUT2D eigenvalue weighted by Gasteiger charge is -2.26. The number of morpholine rings is 1. The van der Waals surface area contributed by atoms with E-state index in [1.54, 1.807) is 25.1 Å². The number of nitrogens with zero attached hydrogens (tertiary/aromatic N) is 4. The van der Waals surface area contributed by atoms with Gasteiger partial charge in [0.25, 0.3) is 0 Å². The van der Waals surface area contributed by atoms with Crippen molar-refractivity contribution in [3.05, 3.63) is 72.6 Å². The highest BCUT2D eigenvalue weighted by Gasteiger charge is 2.26. The molecule has 0 bridgehead atoms. The van der Waals surface area contributed by atoms with Crippen molar-refractivity contribution in [3.8, 4) is 5.75 Å². The number of carbonyl (C=O) groups excluding carboxylic acids is 1. The molecule has 12 heteroatoms. The number of sulfonamides is 1. The van der Waals surface area contributed by atoms with Crippen LogP contribution in [0.1, 0.15) is 25.2 Å². The van der Waals surface area contributed by atoms with E-state index < -0.39 is 15.3 Å². The van der Waals surface area contributed by atoms with Gasteiger partial charge in [0.1, 0.15) is 12.4 Å². The van der Waals surface area contributed by atoms with E-state index in [1.165, 1.54) is 33.8 Å². The van der Waals surface area contributed by atoms with Crippen molar-refractivity contribution in [2.24, 2.45) is 0 Å². The summed E-state index contributed by atoms with van der Waals surface area (Å²) in [6.07, 6.45) is 2.70. The third-order valence-electron chi connectivity index (χ3n) is 6.19. The van der Waals surface area contributed by atoms with Crippen LogP contribution < -0.4 is 10.1 Å². The number of aromatic nitrogens is 3. The molecule has 1 saturated heterocycles. The van der Waals surface area contributed by atoms with Crippen LogP contribution in [0.5, 0.6) is 5.75 Å². The molecule has 208 valence electrons. The van der Waals surface area contributed by atoms with Crippen LogP contribution in [0.25, 0.3) is 0 Å². The van der Waals surface area contributed by atoms with Gasteiger partial charge in [0.2, 0.25) is 15.9 Å². The van der Waals surface area contributed by atoms with E-state index >= 15 is 0 Å². The van der Waals surface area contributed by atoms with Crippen LogP contribution in [0.15, 0.2) is 71.2 Å². The Balaban J connectivity index is 1.36. The summed E-state index contributed by atoms with van der Waals surface area (Å²) in [5.41, 5.74) is 1.74. The number of nitrogens with one attached hydrogen (secondary N) is 1. The molecule has 0 spiro atoms. The fraction of sp³-hybridized carbons (Fsp3) is 0.370. The number of aryl methyl sites for hydroxylation is 1. The average molecular weight is 572 g/mol. The number of hydrogen-bond acceptors (Lipinski definition) is 8. The van der Waals surface area contributed by atoms with Crippen molar-refractivity contribution in [3.63, 3.8) is 0 Å². The molecule has 0 unspecified atom stereocenters. The lowest BCUT2D eigenvalue weighted by molar-refractivity contribution is -0.115. The normalized spacial score (nSPS) is 15.0. The second-order valence-electron chi connectivity index (χ2n) is 8.87. The third-order valence-corrected chi connectivity index (χ3v) is 9.18. The zero-order valence-electron chi connectivity index (χ0n) is 22.1. The summed E-state index contributed by atoms with van der Waals surface area (Å²) in [6.45, 7) is 9.80. The summed E-state index contributed by atoms with van der Waals surface area (Å²) in [5, 5.41) is 11.5. The molecule has 1 aromatic heterocycles. The SMILES string of the molecule is C=CCn1c(COc2ccc(CC)cc2)nnc1S[C@H](C)C(=O)Nc1ccc(S(=O)(=O)N2CCOCC2)cc1. The lowest BCUT2D eigenvalue weighted by atomic mass is 10.2. The molecule has 1 amide bonds. The number of ether oxygens (including phenoxy) is 2. The molecular weight excluding hydrogens is 538 g/mol. The fourth-order valence-corrected chi connectivity index (χ4v) is 6.18. The predicted molar refractivity (Wildman–Crippen MR) is 150 cm³/mol. The largest absolute Gasteiger partial charge is 0.486 e. The van der Waals surface area contributed by atoms with Crippen molar-refractivity contribution in [2.45, 2.75) is 48.7 Å². The molecule has 39 heavy (non-hydrogen) atoms. The van der Waals surface area contributed by atoms with E-state index in [2.05, 4.69) is 29.0 Å². The highest BCUT2D eigenvalue weighted by atomic mass is 32.2. The summed E-state index contributed by atoms with van der Waals surface area (Å²) in [6, 6.07) is 14.1. The summed E-state index contributed by atoms with van der Waals surface area (Å²) < 4.78 is 40.1. The molecule has 1 aliphatic rings. The van der Waals surface area contributed by atoms with E-state index in [-0.39, 0.29) is 17.4 Å². The number of amides is 1. The molecule has 0 aliphatic carbocycles. The van der Waals surface area contributed by atoms with Crippen LogP contribution in [0.2, 0.25) is 0 Å². The molecular formula is C27H33N5O5S2. The van der Waals surface area contributed by atoms with Gasteiger partial charge >= 0.3 is 0 Å². The zero-order valence-corrected chi connectivity index (χ0v) is 23.7. The Bertz CT molecular complexity index is 1370. The molecule has 1 fully saturated rings. The molecule has 2 heterocycles. The fourth-order valence-electron chi connectivity index (χ4n) is 3.90. The van der Waals surface area contributed by atoms with Gasteiger partial charge in [-0.15, -0.1) is 16.8 Å². The van der Waals surface area contributed by atoms with Crippen LogP contribution in [0, 0.1) is 0 Å². The van der Waals surface area contributed by atoms with Crippen LogP contribution >= 0.6 is 11.8 Å². The smallest absolute Gasteiger partial charge is 0.243 e. The topological polar surface area (TPSA) is 116 Å². The maximum absolute atomic E-state index is 12.9. The maximum Gasteiger partial charge on any atom is 0.243 e. The molecule has 3 aromatic rings. The first-order valence-electron chi connectivity index (χ1n) is 12.7. The van der Waals surface area contributed by atoms with Gasteiger partial charge < -0.3 is 14.8 Å². The van der Waals surface area contributed by atoms with Gasteiger partial charge in [0.15, 0.2) is 11.0 Å². The predicted octanol–water partition coefficient (Wildman–Crippen LogP) is 3.75. The Kier molecular flexibility index (Phi) is 9.78. The highest BCUT2D eigenvalue weighted by molar-refractivity contribution is 8.00. The van der Waals surface area contributed by atoms with Gasteiger partial charge in [-0.3, -0.25) is 9.36 Å². The third kappa shape index (κ3) is 7.27. The Labute approximate surface area is 233 Å². The monoisotopic (exact) mass is 571 g/mol. The van der Waals surface area contributed by atoms with Crippen molar-refractivity contribution >= 4 is 33.4 Å². The van der Waals surface area contributed by atoms with E-state index in [0.29, 0.717) is 49.5 Å². The van der Waals surface area contributed by atoms with E-state index in [9.17, 15) is 13.2 Å². The minimum Gasteiger partial charge on any atom is -0.486 e. The second kappa shape index (κ2) is 13.2. The van der Waals surface area contributed by atoms with Crippen LogP contribution in [-0.4, -0.2) is 64.9 Å². The average Bonchev–Trinajstić information content (AvgIpc) is 3.33. The van der Waals surface area contributed by atoms with Crippen molar-refractivity contribution < 1.29 is 22.7 Å². The van der Waals surface area contributed by atoms with Gasteiger partial charge in [0, 0.05) is 25.3 Å². The van der Waals surface area contributed by atoms with Crippen LogP contribution in [0.3, 0.4) is 0 Å². The summed E-state index contributed by atoms with van der Waals surface area (Å²) in [4.78, 5) is 13.1. The Morgan fingerprint density at radius 1 is 1.15 bits per heavy atom. The number of allylic oxidation sites excluding steroid dienone is 1. The van der Waals surface area contributed by atoms with Crippen molar-refractivity contribution in [2.75, 3.05) is 31.6 Å². The van der Waals surface area contributed by atoms with Crippen molar-refractivity contribution in [1.29, 1.82) is 0 Å². The minimum atomic E-state index is -3.60. The first kappa shape index (κ1) is 28.8. The molecule has 0 radical (unpaired) electrons. The highest BCUT2D eigenvalue weighted by Crippen LogP contribution is 2.25. The molecule has 1 aliphatic heterocycles. The molecule has 1 atom stereocenters. The quantitative estimate of drug-likeness (QED) is 0.258. The van der Waals surface area contributed by atoms with E-state index in [0.717, 1.165) is 12.2 Å². The van der Waals surface area contributed by atoms with Gasteiger partial charge in [-0.2, -0.15) is 4.31 Å². The summed E-state index contributed by atoms with van der Waals surface area (Å²) in [5.74, 6) is 1.12. The molecule has 0 saturated carbocycles. The number of carbonyl (C=O) groups is 1. The van der Waals surface area contributed by atoms with Crippen LogP contribution in [0.4, 0.5) is 5.69 Å². The molecule has 10 nitrogen and oxygen atoms in total. The molecule has 4 rings (SSSR count).